The van der Waals surface area contributed by atoms with Crippen LogP contribution < -0.4 is 10.1 Å². The van der Waals surface area contributed by atoms with Crippen LogP contribution in [0.4, 0.5) is 0 Å². The molecule has 0 aliphatic rings. The summed E-state index contributed by atoms with van der Waals surface area (Å²) in [4.78, 5) is 0. The number of nitrogens with one attached hydrogen (secondary N) is 1. The van der Waals surface area contributed by atoms with Gasteiger partial charge in [0, 0.05) is 11.0 Å². The quantitative estimate of drug-likeness (QED) is 0.840. The van der Waals surface area contributed by atoms with E-state index < -0.39 is 0 Å². The zero-order valence-electron chi connectivity index (χ0n) is 9.91. The fourth-order valence-electron chi connectivity index (χ4n) is 1.57. The molecule has 0 fully saturated rings. The Morgan fingerprint density at radius 3 is 2.39 bits per heavy atom. The average Bonchev–Trinajstić information content (AvgIpc) is 2.36. The van der Waals surface area contributed by atoms with Gasteiger partial charge in [-0.2, -0.15) is 0 Å². The van der Waals surface area contributed by atoms with Crippen LogP contribution in [-0.4, -0.2) is 7.05 Å². The van der Waals surface area contributed by atoms with Crippen LogP contribution in [-0.2, 0) is 6.54 Å². The van der Waals surface area contributed by atoms with Crippen LogP contribution in [0.2, 0.25) is 0 Å². The molecule has 94 valence electrons. The second-order valence-corrected chi connectivity index (χ2v) is 5.62. The van der Waals surface area contributed by atoms with Gasteiger partial charge in [0.05, 0.1) is 4.47 Å². The van der Waals surface area contributed by atoms with Gasteiger partial charge in [-0.05, 0) is 64.9 Å². The molecule has 0 atom stereocenters. The molecule has 0 bridgehead atoms. The molecule has 0 amide bonds. The van der Waals surface area contributed by atoms with Gasteiger partial charge >= 0.3 is 0 Å². The molecule has 0 saturated carbocycles. The minimum atomic E-state index is 0.817. The average molecular weight is 371 g/mol. The van der Waals surface area contributed by atoms with Crippen molar-refractivity contribution in [1.29, 1.82) is 0 Å². The molecule has 18 heavy (non-hydrogen) atoms. The summed E-state index contributed by atoms with van der Waals surface area (Å²) in [6.45, 7) is 0.844. The first-order valence-corrected chi connectivity index (χ1v) is 7.14. The molecule has 0 aromatic heterocycles. The lowest BCUT2D eigenvalue weighted by Crippen LogP contribution is -2.04. The Kier molecular flexibility index (Phi) is 4.80. The minimum absolute atomic E-state index is 0.817. The first kappa shape index (κ1) is 13.6. The van der Waals surface area contributed by atoms with Gasteiger partial charge < -0.3 is 10.1 Å². The maximum Gasteiger partial charge on any atom is 0.141 e. The Bertz CT molecular complexity index is 526. The first-order chi connectivity index (χ1) is 8.69. The summed E-state index contributed by atoms with van der Waals surface area (Å²) in [6, 6.07) is 13.9. The zero-order valence-corrected chi connectivity index (χ0v) is 13.1. The standard InChI is InChI=1S/C14H13Br2NO/c1-17-9-10-2-7-14(13(16)8-10)18-12-5-3-11(15)4-6-12/h2-8,17H,9H2,1H3. The van der Waals surface area contributed by atoms with Crippen molar-refractivity contribution in [1.82, 2.24) is 5.32 Å². The van der Waals surface area contributed by atoms with E-state index in [1.807, 2.05) is 37.4 Å². The highest BCUT2D eigenvalue weighted by Crippen LogP contribution is 2.31. The highest BCUT2D eigenvalue weighted by Gasteiger charge is 2.04. The van der Waals surface area contributed by atoms with Crippen molar-refractivity contribution in [2.75, 3.05) is 7.05 Å². The van der Waals surface area contributed by atoms with E-state index in [2.05, 4.69) is 49.3 Å². The van der Waals surface area contributed by atoms with Crippen molar-refractivity contribution < 1.29 is 4.74 Å². The Morgan fingerprint density at radius 2 is 1.78 bits per heavy atom. The van der Waals surface area contributed by atoms with E-state index in [1.165, 1.54) is 5.56 Å². The smallest absolute Gasteiger partial charge is 0.141 e. The number of halogens is 2. The molecular weight excluding hydrogens is 358 g/mol. The summed E-state index contributed by atoms with van der Waals surface area (Å²) in [5.41, 5.74) is 1.22. The fraction of sp³-hybridized carbons (Fsp3) is 0.143. The highest BCUT2D eigenvalue weighted by molar-refractivity contribution is 9.10. The summed E-state index contributed by atoms with van der Waals surface area (Å²) in [7, 11) is 1.93. The Morgan fingerprint density at radius 1 is 1.06 bits per heavy atom. The van der Waals surface area contributed by atoms with Crippen molar-refractivity contribution in [3.8, 4) is 11.5 Å². The molecule has 0 unspecified atom stereocenters. The van der Waals surface area contributed by atoms with Crippen LogP contribution in [0.1, 0.15) is 5.56 Å². The van der Waals surface area contributed by atoms with E-state index in [-0.39, 0.29) is 0 Å². The van der Waals surface area contributed by atoms with Gasteiger partial charge in [-0.1, -0.05) is 22.0 Å². The van der Waals surface area contributed by atoms with Crippen LogP contribution in [0.25, 0.3) is 0 Å². The first-order valence-electron chi connectivity index (χ1n) is 5.55. The SMILES string of the molecule is CNCc1ccc(Oc2ccc(Br)cc2)c(Br)c1. The predicted molar refractivity (Wildman–Crippen MR) is 81.1 cm³/mol. The second-order valence-electron chi connectivity index (χ2n) is 3.85. The molecule has 2 rings (SSSR count). The van der Waals surface area contributed by atoms with Gasteiger partial charge in [-0.3, -0.25) is 0 Å². The summed E-state index contributed by atoms with van der Waals surface area (Å²) in [5.74, 6) is 1.64. The third kappa shape index (κ3) is 3.57. The van der Waals surface area contributed by atoms with Crippen LogP contribution in [0.15, 0.2) is 51.4 Å². The summed E-state index contributed by atoms with van der Waals surface area (Å²) in [6.07, 6.45) is 0. The molecule has 0 spiro atoms. The molecule has 0 aliphatic heterocycles. The van der Waals surface area contributed by atoms with Crippen molar-refractivity contribution in [3.63, 3.8) is 0 Å². The van der Waals surface area contributed by atoms with Crippen LogP contribution in [0, 0.1) is 0 Å². The van der Waals surface area contributed by atoms with Crippen LogP contribution in [0.3, 0.4) is 0 Å². The van der Waals surface area contributed by atoms with E-state index in [9.17, 15) is 0 Å². The topological polar surface area (TPSA) is 21.3 Å². The normalized spacial score (nSPS) is 10.4. The molecule has 2 aromatic carbocycles. The number of hydrogen-bond acceptors (Lipinski definition) is 2. The molecule has 4 heteroatoms. The third-order valence-corrected chi connectivity index (χ3v) is 3.57. The minimum Gasteiger partial charge on any atom is -0.456 e. The van der Waals surface area contributed by atoms with Crippen LogP contribution in [0.5, 0.6) is 11.5 Å². The Hall–Kier alpha value is -0.840. The lowest BCUT2D eigenvalue weighted by molar-refractivity contribution is 0.479. The summed E-state index contributed by atoms with van der Waals surface area (Å²) in [5, 5.41) is 3.12. The van der Waals surface area contributed by atoms with E-state index in [0.29, 0.717) is 0 Å². The van der Waals surface area contributed by atoms with E-state index in [0.717, 1.165) is 27.0 Å². The molecule has 0 saturated heterocycles. The van der Waals surface area contributed by atoms with Gasteiger partial charge in [-0.15, -0.1) is 0 Å². The fourth-order valence-corrected chi connectivity index (χ4v) is 2.34. The number of ether oxygens (including phenoxy) is 1. The lowest BCUT2D eigenvalue weighted by atomic mass is 10.2. The maximum atomic E-state index is 5.81. The summed E-state index contributed by atoms with van der Waals surface area (Å²) >= 11 is 6.93. The van der Waals surface area contributed by atoms with Gasteiger partial charge in [0.25, 0.3) is 0 Å². The van der Waals surface area contributed by atoms with Gasteiger partial charge in [0.15, 0.2) is 0 Å². The highest BCUT2D eigenvalue weighted by atomic mass is 79.9. The van der Waals surface area contributed by atoms with Gasteiger partial charge in [0.1, 0.15) is 11.5 Å². The van der Waals surface area contributed by atoms with Gasteiger partial charge in [-0.25, -0.2) is 0 Å². The Labute approximate surface area is 124 Å². The van der Waals surface area contributed by atoms with Gasteiger partial charge in [0.2, 0.25) is 0 Å². The Balaban J connectivity index is 2.16. The largest absolute Gasteiger partial charge is 0.456 e. The number of rotatable bonds is 4. The van der Waals surface area contributed by atoms with E-state index in [1.54, 1.807) is 0 Å². The zero-order chi connectivity index (χ0) is 13.0. The van der Waals surface area contributed by atoms with E-state index in [4.69, 9.17) is 4.74 Å². The number of hydrogen-bond donors (Lipinski definition) is 1. The van der Waals surface area contributed by atoms with E-state index >= 15 is 0 Å². The van der Waals surface area contributed by atoms with Crippen molar-refractivity contribution in [2.45, 2.75) is 6.54 Å². The molecule has 0 heterocycles. The summed E-state index contributed by atoms with van der Waals surface area (Å²) < 4.78 is 7.81. The molecule has 0 aliphatic carbocycles. The number of benzene rings is 2. The van der Waals surface area contributed by atoms with Crippen molar-refractivity contribution in [3.05, 3.63) is 57.0 Å². The monoisotopic (exact) mass is 369 g/mol. The van der Waals surface area contributed by atoms with Crippen LogP contribution >= 0.6 is 31.9 Å². The molecule has 0 radical (unpaired) electrons. The molecule has 2 aromatic rings. The molecule has 1 N–H and O–H groups in total. The molecule has 2 nitrogen and oxygen atoms in total. The third-order valence-electron chi connectivity index (χ3n) is 2.42. The maximum absolute atomic E-state index is 5.81. The van der Waals surface area contributed by atoms with Crippen molar-refractivity contribution in [2.24, 2.45) is 0 Å². The predicted octanol–water partition coefficient (Wildman–Crippen LogP) is 4.72. The van der Waals surface area contributed by atoms with Crippen molar-refractivity contribution >= 4 is 31.9 Å². The lowest BCUT2D eigenvalue weighted by Gasteiger charge is -2.09. The second kappa shape index (κ2) is 6.36. The molecular formula is C14H13Br2NO.